The Balaban J connectivity index is 2.08. The van der Waals surface area contributed by atoms with E-state index >= 15 is 0 Å². The van der Waals surface area contributed by atoms with Gasteiger partial charge in [-0.25, -0.2) is 4.79 Å². The minimum absolute atomic E-state index is 0.173. The van der Waals surface area contributed by atoms with E-state index in [-0.39, 0.29) is 5.69 Å². The van der Waals surface area contributed by atoms with Gasteiger partial charge in [-0.1, -0.05) is 29.8 Å². The molecular weight excluding hydrogens is 204 g/mol. The van der Waals surface area contributed by atoms with E-state index < -0.39 is 0 Å². The number of aromatic nitrogens is 4. The second kappa shape index (κ2) is 4.30. The van der Waals surface area contributed by atoms with Gasteiger partial charge in [0, 0.05) is 7.05 Å². The quantitative estimate of drug-likeness (QED) is 0.755. The molecule has 1 heterocycles. The summed E-state index contributed by atoms with van der Waals surface area (Å²) in [6.45, 7) is 2.62. The van der Waals surface area contributed by atoms with Crippen molar-refractivity contribution in [2.45, 2.75) is 19.9 Å². The van der Waals surface area contributed by atoms with E-state index in [4.69, 9.17) is 0 Å². The van der Waals surface area contributed by atoms with E-state index in [2.05, 4.69) is 35.5 Å². The summed E-state index contributed by atoms with van der Waals surface area (Å²) in [6, 6.07) is 8.23. The van der Waals surface area contributed by atoms with Gasteiger partial charge >= 0.3 is 5.69 Å². The van der Waals surface area contributed by atoms with Gasteiger partial charge in [0.15, 0.2) is 0 Å². The van der Waals surface area contributed by atoms with E-state index in [1.165, 1.54) is 20.5 Å². The number of tetrazole rings is 1. The van der Waals surface area contributed by atoms with Crippen LogP contribution in [-0.2, 0) is 20.0 Å². The number of hydrogen-bond donors (Lipinski definition) is 0. The molecule has 2 rings (SSSR count). The van der Waals surface area contributed by atoms with Gasteiger partial charge in [0.1, 0.15) is 0 Å². The minimum atomic E-state index is -0.173. The molecule has 5 heteroatoms. The maximum Gasteiger partial charge on any atom is 0.363 e. The van der Waals surface area contributed by atoms with E-state index in [0.717, 1.165) is 6.42 Å². The number of benzene rings is 1. The van der Waals surface area contributed by atoms with Gasteiger partial charge in [-0.3, -0.25) is 0 Å². The van der Waals surface area contributed by atoms with Crippen molar-refractivity contribution in [1.29, 1.82) is 0 Å². The van der Waals surface area contributed by atoms with E-state index in [9.17, 15) is 4.79 Å². The Morgan fingerprint density at radius 3 is 2.75 bits per heavy atom. The highest BCUT2D eigenvalue weighted by Crippen LogP contribution is 2.04. The summed E-state index contributed by atoms with van der Waals surface area (Å²) >= 11 is 0. The minimum Gasteiger partial charge on any atom is -0.244 e. The predicted molar refractivity (Wildman–Crippen MR) is 60.1 cm³/mol. The summed E-state index contributed by atoms with van der Waals surface area (Å²) in [5.74, 6) is 0. The zero-order chi connectivity index (χ0) is 11.5. The average molecular weight is 218 g/mol. The number of aryl methyl sites for hydroxylation is 4. The Labute approximate surface area is 93.3 Å². The first-order chi connectivity index (χ1) is 7.66. The molecule has 0 aliphatic heterocycles. The third kappa shape index (κ3) is 2.18. The molecule has 2 aromatic rings. The number of rotatable bonds is 3. The van der Waals surface area contributed by atoms with Crippen LogP contribution in [0, 0.1) is 6.92 Å². The Hall–Kier alpha value is -1.91. The highest BCUT2D eigenvalue weighted by Gasteiger charge is 2.02. The van der Waals surface area contributed by atoms with Crippen LogP contribution in [0.15, 0.2) is 29.1 Å². The Bertz CT molecular complexity index is 541. The van der Waals surface area contributed by atoms with Crippen molar-refractivity contribution >= 4 is 0 Å². The first kappa shape index (κ1) is 10.6. The van der Waals surface area contributed by atoms with Crippen molar-refractivity contribution in [3.8, 4) is 0 Å². The third-order valence-corrected chi connectivity index (χ3v) is 2.47. The van der Waals surface area contributed by atoms with Gasteiger partial charge in [0.05, 0.1) is 6.54 Å². The molecule has 0 bridgehead atoms. The fourth-order valence-corrected chi connectivity index (χ4v) is 1.59. The van der Waals surface area contributed by atoms with E-state index in [1.54, 1.807) is 7.05 Å². The Kier molecular flexibility index (Phi) is 2.85. The summed E-state index contributed by atoms with van der Waals surface area (Å²) in [7, 11) is 1.60. The fourth-order valence-electron chi connectivity index (χ4n) is 1.59. The molecule has 0 N–H and O–H groups in total. The Morgan fingerprint density at radius 2 is 2.12 bits per heavy atom. The van der Waals surface area contributed by atoms with Crippen LogP contribution in [0.3, 0.4) is 0 Å². The van der Waals surface area contributed by atoms with Crippen LogP contribution in [0.1, 0.15) is 11.1 Å². The molecule has 1 aromatic heterocycles. The monoisotopic (exact) mass is 218 g/mol. The molecule has 16 heavy (non-hydrogen) atoms. The van der Waals surface area contributed by atoms with Crippen LogP contribution < -0.4 is 5.69 Å². The topological polar surface area (TPSA) is 52.7 Å². The van der Waals surface area contributed by atoms with Gasteiger partial charge in [-0.2, -0.15) is 9.36 Å². The lowest BCUT2D eigenvalue weighted by atomic mass is 10.1. The molecule has 5 nitrogen and oxygen atoms in total. The molecule has 1 aromatic carbocycles. The van der Waals surface area contributed by atoms with Gasteiger partial charge in [0.25, 0.3) is 0 Å². The predicted octanol–water partition coefficient (Wildman–Crippen LogP) is 0.528. The lowest BCUT2D eigenvalue weighted by molar-refractivity contribution is 0.573. The molecule has 0 saturated carbocycles. The van der Waals surface area contributed by atoms with Crippen LogP contribution in [-0.4, -0.2) is 19.8 Å². The smallest absolute Gasteiger partial charge is 0.244 e. The van der Waals surface area contributed by atoms with Gasteiger partial charge in [0.2, 0.25) is 0 Å². The van der Waals surface area contributed by atoms with Crippen molar-refractivity contribution in [3.05, 3.63) is 45.9 Å². The average Bonchev–Trinajstić information content (AvgIpc) is 2.57. The summed E-state index contributed by atoms with van der Waals surface area (Å²) in [5, 5.41) is 7.43. The molecule has 0 unspecified atom stereocenters. The van der Waals surface area contributed by atoms with E-state index in [1.807, 2.05) is 6.07 Å². The van der Waals surface area contributed by atoms with Crippen molar-refractivity contribution < 1.29 is 0 Å². The molecule has 0 spiro atoms. The standard InChI is InChI=1S/C11H14N4O/c1-9-4-3-5-10(8-9)6-7-15-11(16)14(2)12-13-15/h3-5,8H,6-7H2,1-2H3. The lowest BCUT2D eigenvalue weighted by Crippen LogP contribution is -2.24. The zero-order valence-electron chi connectivity index (χ0n) is 9.42. The Morgan fingerprint density at radius 1 is 1.31 bits per heavy atom. The van der Waals surface area contributed by atoms with Crippen molar-refractivity contribution in [3.63, 3.8) is 0 Å². The van der Waals surface area contributed by atoms with Crippen molar-refractivity contribution in [2.75, 3.05) is 0 Å². The van der Waals surface area contributed by atoms with Crippen LogP contribution in [0.5, 0.6) is 0 Å². The molecule has 84 valence electrons. The second-order valence-corrected chi connectivity index (χ2v) is 3.85. The summed E-state index contributed by atoms with van der Waals surface area (Å²) in [5.41, 5.74) is 2.26. The summed E-state index contributed by atoms with van der Waals surface area (Å²) < 4.78 is 2.61. The zero-order valence-corrected chi connectivity index (χ0v) is 9.42. The highest BCUT2D eigenvalue weighted by molar-refractivity contribution is 5.22. The van der Waals surface area contributed by atoms with Gasteiger partial charge < -0.3 is 0 Å². The van der Waals surface area contributed by atoms with Crippen molar-refractivity contribution in [2.24, 2.45) is 7.05 Å². The number of nitrogens with zero attached hydrogens (tertiary/aromatic N) is 4. The molecule has 0 atom stereocenters. The molecule has 0 aliphatic rings. The fraction of sp³-hybridized carbons (Fsp3) is 0.364. The molecule has 0 amide bonds. The van der Waals surface area contributed by atoms with E-state index in [0.29, 0.717) is 6.54 Å². The van der Waals surface area contributed by atoms with Crippen LogP contribution >= 0.6 is 0 Å². The van der Waals surface area contributed by atoms with Crippen LogP contribution in [0.25, 0.3) is 0 Å². The first-order valence-electron chi connectivity index (χ1n) is 5.19. The summed E-state index contributed by atoms with van der Waals surface area (Å²) in [4.78, 5) is 11.5. The lowest BCUT2D eigenvalue weighted by Gasteiger charge is -2.01. The molecule has 0 radical (unpaired) electrons. The highest BCUT2D eigenvalue weighted by atomic mass is 16.2. The van der Waals surface area contributed by atoms with Gasteiger partial charge in [-0.15, -0.1) is 0 Å². The third-order valence-electron chi connectivity index (χ3n) is 2.47. The normalized spacial score (nSPS) is 10.6. The van der Waals surface area contributed by atoms with Gasteiger partial charge in [-0.05, 0) is 29.3 Å². The largest absolute Gasteiger partial charge is 0.363 e. The molecule has 0 saturated heterocycles. The van der Waals surface area contributed by atoms with Crippen LogP contribution in [0.2, 0.25) is 0 Å². The molecular formula is C11H14N4O. The SMILES string of the molecule is Cc1cccc(CCn2nnn(C)c2=O)c1. The number of hydrogen-bond acceptors (Lipinski definition) is 3. The molecule has 0 aliphatic carbocycles. The second-order valence-electron chi connectivity index (χ2n) is 3.85. The first-order valence-corrected chi connectivity index (χ1v) is 5.19. The maximum absolute atomic E-state index is 11.5. The van der Waals surface area contributed by atoms with Crippen LogP contribution in [0.4, 0.5) is 0 Å². The van der Waals surface area contributed by atoms with Crippen molar-refractivity contribution in [1.82, 2.24) is 19.8 Å². The molecule has 0 fully saturated rings. The maximum atomic E-state index is 11.5. The summed E-state index contributed by atoms with van der Waals surface area (Å²) in [6.07, 6.45) is 0.792.